The third-order valence-corrected chi connectivity index (χ3v) is 5.19. The molecule has 2 heterocycles. The van der Waals surface area contributed by atoms with E-state index in [2.05, 4.69) is 49.7 Å². The first-order valence-electron chi connectivity index (χ1n) is 9.15. The van der Waals surface area contributed by atoms with Crippen molar-refractivity contribution in [1.82, 2.24) is 15.1 Å². The average Bonchev–Trinajstić information content (AvgIpc) is 2.42. The molecule has 1 N–H and O–H groups in total. The Labute approximate surface area is 132 Å². The third kappa shape index (κ3) is 4.94. The molecule has 2 rings (SSSR count). The van der Waals surface area contributed by atoms with Crippen molar-refractivity contribution >= 4 is 0 Å². The summed E-state index contributed by atoms with van der Waals surface area (Å²) in [6.07, 6.45) is 6.86. The zero-order chi connectivity index (χ0) is 15.5. The van der Waals surface area contributed by atoms with Gasteiger partial charge in [0.15, 0.2) is 0 Å². The van der Waals surface area contributed by atoms with Gasteiger partial charge in [-0.15, -0.1) is 0 Å². The van der Waals surface area contributed by atoms with Gasteiger partial charge in [-0.1, -0.05) is 19.8 Å². The minimum Gasteiger partial charge on any atom is -0.311 e. The lowest BCUT2D eigenvalue weighted by atomic mass is 9.94. The van der Waals surface area contributed by atoms with E-state index in [1.165, 1.54) is 51.7 Å². The van der Waals surface area contributed by atoms with E-state index in [0.717, 1.165) is 12.6 Å². The molecule has 0 aromatic heterocycles. The Balaban J connectivity index is 1.97. The van der Waals surface area contributed by atoms with Gasteiger partial charge in [-0.05, 0) is 53.5 Å². The van der Waals surface area contributed by atoms with Crippen LogP contribution in [0.4, 0.5) is 0 Å². The molecule has 2 aliphatic rings. The SMILES string of the molecule is CCCC(CNC(C)(C)C)N1CC2CCCCN2CC1C. The summed E-state index contributed by atoms with van der Waals surface area (Å²) in [4.78, 5) is 5.57. The minimum atomic E-state index is 0.224. The lowest BCUT2D eigenvalue weighted by Gasteiger charge is -2.50. The summed E-state index contributed by atoms with van der Waals surface area (Å²) in [6.45, 7) is 16.6. The maximum atomic E-state index is 3.74. The van der Waals surface area contributed by atoms with Crippen LogP contribution in [0.25, 0.3) is 0 Å². The largest absolute Gasteiger partial charge is 0.311 e. The highest BCUT2D eigenvalue weighted by atomic mass is 15.3. The predicted octanol–water partition coefficient (Wildman–Crippen LogP) is 3.10. The molecule has 0 aromatic carbocycles. The molecular weight excluding hydrogens is 258 g/mol. The van der Waals surface area contributed by atoms with Crippen molar-refractivity contribution < 1.29 is 0 Å². The molecule has 0 aliphatic carbocycles. The van der Waals surface area contributed by atoms with E-state index in [-0.39, 0.29) is 5.54 Å². The second kappa shape index (κ2) is 7.43. The second-order valence-electron chi connectivity index (χ2n) is 8.26. The lowest BCUT2D eigenvalue weighted by molar-refractivity contribution is -0.0107. The normalized spacial score (nSPS) is 30.1. The molecule has 21 heavy (non-hydrogen) atoms. The van der Waals surface area contributed by atoms with E-state index in [9.17, 15) is 0 Å². The first-order valence-corrected chi connectivity index (χ1v) is 9.15. The van der Waals surface area contributed by atoms with Gasteiger partial charge in [0.25, 0.3) is 0 Å². The maximum absolute atomic E-state index is 3.74. The van der Waals surface area contributed by atoms with Crippen molar-refractivity contribution in [3.8, 4) is 0 Å². The Hall–Kier alpha value is -0.120. The number of hydrogen-bond donors (Lipinski definition) is 1. The van der Waals surface area contributed by atoms with Crippen molar-refractivity contribution in [1.29, 1.82) is 0 Å². The van der Waals surface area contributed by atoms with Crippen LogP contribution < -0.4 is 5.32 Å². The summed E-state index contributed by atoms with van der Waals surface area (Å²) >= 11 is 0. The highest BCUT2D eigenvalue weighted by molar-refractivity contribution is 4.93. The number of piperidine rings is 1. The van der Waals surface area contributed by atoms with Crippen molar-refractivity contribution in [3.63, 3.8) is 0 Å². The van der Waals surface area contributed by atoms with Gasteiger partial charge >= 0.3 is 0 Å². The van der Waals surface area contributed by atoms with E-state index in [4.69, 9.17) is 0 Å². The van der Waals surface area contributed by atoms with Crippen LogP contribution in [0.2, 0.25) is 0 Å². The van der Waals surface area contributed by atoms with Crippen LogP contribution >= 0.6 is 0 Å². The van der Waals surface area contributed by atoms with Crippen molar-refractivity contribution in [2.45, 2.75) is 90.4 Å². The number of fused-ring (bicyclic) bond motifs is 1. The minimum absolute atomic E-state index is 0.224. The summed E-state index contributed by atoms with van der Waals surface area (Å²) in [5, 5.41) is 3.74. The Kier molecular flexibility index (Phi) is 6.10. The van der Waals surface area contributed by atoms with Gasteiger partial charge in [0.2, 0.25) is 0 Å². The highest BCUT2D eigenvalue weighted by Gasteiger charge is 2.35. The van der Waals surface area contributed by atoms with Gasteiger partial charge in [0, 0.05) is 43.3 Å². The van der Waals surface area contributed by atoms with Crippen molar-refractivity contribution in [2.75, 3.05) is 26.2 Å². The zero-order valence-electron chi connectivity index (χ0n) is 15.0. The summed E-state index contributed by atoms with van der Waals surface area (Å²) < 4.78 is 0. The molecule has 124 valence electrons. The molecule has 2 saturated heterocycles. The standard InChI is InChI=1S/C18H37N3/c1-6-9-16(12-19-18(3,4)5)21-14-17-10-7-8-11-20(17)13-15(21)2/h15-17,19H,6-14H2,1-5H3. The zero-order valence-corrected chi connectivity index (χ0v) is 15.0. The topological polar surface area (TPSA) is 18.5 Å². The van der Waals surface area contributed by atoms with Crippen LogP contribution in [0.15, 0.2) is 0 Å². The fraction of sp³-hybridized carbons (Fsp3) is 1.00. The molecule has 0 bridgehead atoms. The summed E-state index contributed by atoms with van der Waals surface area (Å²) in [6, 6.07) is 2.23. The molecule has 2 fully saturated rings. The Morgan fingerprint density at radius 2 is 1.95 bits per heavy atom. The molecule has 3 nitrogen and oxygen atoms in total. The van der Waals surface area contributed by atoms with Crippen LogP contribution in [0.5, 0.6) is 0 Å². The second-order valence-corrected chi connectivity index (χ2v) is 8.26. The molecule has 0 saturated carbocycles. The number of hydrogen-bond acceptors (Lipinski definition) is 3. The number of nitrogens with zero attached hydrogens (tertiary/aromatic N) is 2. The van der Waals surface area contributed by atoms with Crippen LogP contribution in [0.1, 0.15) is 66.7 Å². The monoisotopic (exact) mass is 295 g/mol. The third-order valence-electron chi connectivity index (χ3n) is 5.19. The Morgan fingerprint density at radius 3 is 2.62 bits per heavy atom. The van der Waals surface area contributed by atoms with Gasteiger partial charge in [-0.2, -0.15) is 0 Å². The summed E-state index contributed by atoms with van der Waals surface area (Å²) in [5.74, 6) is 0. The molecule has 0 radical (unpaired) electrons. The van der Waals surface area contributed by atoms with Gasteiger partial charge in [0.05, 0.1) is 0 Å². The maximum Gasteiger partial charge on any atom is 0.0224 e. The molecule has 2 aliphatic heterocycles. The average molecular weight is 296 g/mol. The molecule has 3 heteroatoms. The molecule has 3 atom stereocenters. The first-order chi connectivity index (χ1) is 9.90. The fourth-order valence-corrected chi connectivity index (χ4v) is 4.03. The smallest absolute Gasteiger partial charge is 0.0224 e. The van der Waals surface area contributed by atoms with E-state index < -0.39 is 0 Å². The van der Waals surface area contributed by atoms with Crippen LogP contribution in [-0.4, -0.2) is 59.6 Å². The van der Waals surface area contributed by atoms with E-state index in [0.29, 0.717) is 12.1 Å². The van der Waals surface area contributed by atoms with Gasteiger partial charge < -0.3 is 5.32 Å². The van der Waals surface area contributed by atoms with Crippen molar-refractivity contribution in [2.24, 2.45) is 0 Å². The van der Waals surface area contributed by atoms with Crippen LogP contribution in [-0.2, 0) is 0 Å². The van der Waals surface area contributed by atoms with E-state index >= 15 is 0 Å². The number of rotatable bonds is 5. The van der Waals surface area contributed by atoms with E-state index in [1.54, 1.807) is 0 Å². The first kappa shape index (κ1) is 17.2. The fourth-order valence-electron chi connectivity index (χ4n) is 4.03. The molecule has 0 aromatic rings. The summed E-state index contributed by atoms with van der Waals surface area (Å²) in [7, 11) is 0. The molecule has 3 unspecified atom stereocenters. The predicted molar refractivity (Wildman–Crippen MR) is 91.8 cm³/mol. The highest BCUT2D eigenvalue weighted by Crippen LogP contribution is 2.26. The van der Waals surface area contributed by atoms with Gasteiger partial charge in [-0.25, -0.2) is 0 Å². The van der Waals surface area contributed by atoms with Crippen molar-refractivity contribution in [3.05, 3.63) is 0 Å². The Morgan fingerprint density at radius 1 is 1.19 bits per heavy atom. The number of piperazine rings is 1. The van der Waals surface area contributed by atoms with Gasteiger partial charge in [0.1, 0.15) is 0 Å². The van der Waals surface area contributed by atoms with Crippen LogP contribution in [0, 0.1) is 0 Å². The van der Waals surface area contributed by atoms with Crippen LogP contribution in [0.3, 0.4) is 0 Å². The quantitative estimate of drug-likeness (QED) is 0.841. The number of nitrogens with one attached hydrogen (secondary N) is 1. The Bertz CT molecular complexity index is 310. The van der Waals surface area contributed by atoms with E-state index in [1.807, 2.05) is 0 Å². The summed E-state index contributed by atoms with van der Waals surface area (Å²) in [5.41, 5.74) is 0.224. The van der Waals surface area contributed by atoms with Gasteiger partial charge in [-0.3, -0.25) is 9.80 Å². The molecular formula is C18H37N3. The molecule has 0 amide bonds. The lowest BCUT2D eigenvalue weighted by Crippen LogP contribution is -2.62. The molecule has 0 spiro atoms.